The Morgan fingerprint density at radius 3 is 2.39 bits per heavy atom. The van der Waals surface area contributed by atoms with E-state index in [0.717, 1.165) is 27.3 Å². The van der Waals surface area contributed by atoms with Crippen LogP contribution in [-0.4, -0.2) is 20.4 Å². The van der Waals surface area contributed by atoms with Crippen LogP contribution in [0.1, 0.15) is 16.1 Å². The monoisotopic (exact) mass is 451 g/mol. The van der Waals surface area contributed by atoms with Gasteiger partial charge < -0.3 is 10.3 Å². The zero-order valence-corrected chi connectivity index (χ0v) is 18.7. The number of para-hydroxylation sites is 1. The van der Waals surface area contributed by atoms with Crippen molar-refractivity contribution in [3.63, 3.8) is 0 Å². The Kier molecular flexibility index (Phi) is 5.70. The number of thiazole rings is 1. The quantitative estimate of drug-likeness (QED) is 0.358. The maximum absolute atomic E-state index is 12.9. The first kappa shape index (κ1) is 20.7. The Morgan fingerprint density at radius 2 is 1.67 bits per heavy atom. The van der Waals surface area contributed by atoms with Crippen LogP contribution in [0.5, 0.6) is 0 Å². The Balaban J connectivity index is 1.57. The van der Waals surface area contributed by atoms with E-state index in [1.165, 1.54) is 17.7 Å². The lowest BCUT2D eigenvalue weighted by molar-refractivity contribution is 0.102. The van der Waals surface area contributed by atoms with E-state index in [2.05, 4.69) is 37.4 Å². The molecule has 0 saturated carbocycles. The first-order valence-corrected chi connectivity index (χ1v) is 11.3. The van der Waals surface area contributed by atoms with E-state index in [0.29, 0.717) is 17.2 Å². The number of hydrogen-bond acceptors (Lipinski definition) is 4. The highest BCUT2D eigenvalue weighted by atomic mass is 32.1. The fraction of sp³-hybridized carbons (Fsp3) is 0.0385. The molecule has 0 aliphatic heterocycles. The number of carbonyl (C=O) groups excluding carboxylic acids is 1. The summed E-state index contributed by atoms with van der Waals surface area (Å²) in [5.74, 6) is 0.0481. The summed E-state index contributed by atoms with van der Waals surface area (Å²) < 4.78 is 2.08. The molecule has 3 aromatic carbocycles. The fourth-order valence-corrected chi connectivity index (χ4v) is 4.39. The van der Waals surface area contributed by atoms with Gasteiger partial charge in [-0.3, -0.25) is 9.36 Å². The van der Waals surface area contributed by atoms with Crippen molar-refractivity contribution in [2.45, 2.75) is 6.92 Å². The molecule has 0 radical (unpaired) electrons. The molecule has 0 fully saturated rings. The van der Waals surface area contributed by atoms with Gasteiger partial charge in [0.25, 0.3) is 5.91 Å². The molecule has 0 unspecified atom stereocenters. The molecule has 0 spiro atoms. The van der Waals surface area contributed by atoms with Crippen LogP contribution in [0.25, 0.3) is 16.9 Å². The normalized spacial score (nSPS) is 11.5. The summed E-state index contributed by atoms with van der Waals surface area (Å²) in [6.07, 6.45) is 1.49. The highest BCUT2D eigenvalue weighted by molar-refractivity contribution is 7.07. The molecule has 2 aromatic heterocycles. The molecular weight excluding hydrogens is 430 g/mol. The second-order valence-electron chi connectivity index (χ2n) is 7.47. The number of rotatable bonds is 5. The lowest BCUT2D eigenvalue weighted by Gasteiger charge is -2.09. The van der Waals surface area contributed by atoms with Gasteiger partial charge in [-0.2, -0.15) is 4.99 Å². The zero-order chi connectivity index (χ0) is 22.6. The van der Waals surface area contributed by atoms with E-state index in [-0.39, 0.29) is 5.91 Å². The minimum atomic E-state index is -0.291. The van der Waals surface area contributed by atoms with Gasteiger partial charge >= 0.3 is 0 Å². The molecule has 2 N–H and O–H groups in total. The third kappa shape index (κ3) is 4.40. The highest BCUT2D eigenvalue weighted by Crippen LogP contribution is 2.24. The van der Waals surface area contributed by atoms with Crippen molar-refractivity contribution in [1.82, 2.24) is 14.5 Å². The number of hydrogen-bond donors (Lipinski definition) is 2. The van der Waals surface area contributed by atoms with Gasteiger partial charge in [0.15, 0.2) is 16.3 Å². The van der Waals surface area contributed by atoms with Crippen molar-refractivity contribution in [3.05, 3.63) is 113 Å². The molecule has 0 atom stereocenters. The molecule has 7 heteroatoms. The number of nitrogens with one attached hydrogen (secondary N) is 2. The van der Waals surface area contributed by atoms with Gasteiger partial charge in [-0.25, -0.2) is 4.98 Å². The summed E-state index contributed by atoms with van der Waals surface area (Å²) in [5.41, 5.74) is 5.24. The molecular formula is C26H21N5OS. The van der Waals surface area contributed by atoms with Crippen LogP contribution < -0.4 is 10.1 Å². The van der Waals surface area contributed by atoms with Gasteiger partial charge in [-0.15, -0.1) is 11.3 Å². The number of benzene rings is 3. The van der Waals surface area contributed by atoms with Gasteiger partial charge in [-0.1, -0.05) is 66.2 Å². The molecule has 0 saturated heterocycles. The average Bonchev–Trinajstić information content (AvgIpc) is 3.49. The summed E-state index contributed by atoms with van der Waals surface area (Å²) in [6, 6.07) is 27.8. The van der Waals surface area contributed by atoms with E-state index in [9.17, 15) is 4.79 Å². The predicted octanol–water partition coefficient (Wildman–Crippen LogP) is 5.72. The Bertz CT molecular complexity index is 1450. The van der Waals surface area contributed by atoms with Crippen LogP contribution in [0, 0.1) is 6.92 Å². The second kappa shape index (κ2) is 9.10. The van der Waals surface area contributed by atoms with Crippen LogP contribution in [0.4, 0.5) is 11.5 Å². The lowest BCUT2D eigenvalue weighted by atomic mass is 10.1. The summed E-state index contributed by atoms with van der Waals surface area (Å²) in [7, 11) is 0. The Hall–Kier alpha value is -4.23. The standard InChI is InChI=1S/C26H21N5OS/c1-18-12-14-20(15-13-18)29-25(32)23-24(28-17-27-23)30-26-31(21-10-6-3-7-11-21)22(16-33-26)19-8-4-2-5-9-19/h2-17H,1H3,(H,27,28)(H,29,32)/b30-26-. The molecule has 2 heterocycles. The maximum Gasteiger partial charge on any atom is 0.276 e. The lowest BCUT2D eigenvalue weighted by Crippen LogP contribution is -2.15. The Labute approximate surface area is 194 Å². The number of H-pyrrole nitrogens is 1. The number of nitrogens with zero attached hydrogens (tertiary/aromatic N) is 3. The number of aromatic amines is 1. The van der Waals surface area contributed by atoms with Crippen LogP contribution in [0.3, 0.4) is 0 Å². The zero-order valence-electron chi connectivity index (χ0n) is 17.9. The third-order valence-electron chi connectivity index (χ3n) is 5.15. The van der Waals surface area contributed by atoms with Crippen LogP contribution in [0.15, 0.2) is 102 Å². The van der Waals surface area contributed by atoms with Crippen molar-refractivity contribution < 1.29 is 4.79 Å². The van der Waals surface area contributed by atoms with Crippen molar-refractivity contribution in [2.75, 3.05) is 5.32 Å². The average molecular weight is 452 g/mol. The Morgan fingerprint density at radius 1 is 0.970 bits per heavy atom. The molecule has 5 rings (SSSR count). The molecule has 162 valence electrons. The first-order chi connectivity index (χ1) is 16.2. The molecule has 0 aliphatic carbocycles. The van der Waals surface area contributed by atoms with Crippen LogP contribution in [0.2, 0.25) is 0 Å². The third-order valence-corrected chi connectivity index (χ3v) is 5.98. The minimum absolute atomic E-state index is 0.291. The van der Waals surface area contributed by atoms with Gasteiger partial charge in [0.1, 0.15) is 0 Å². The van der Waals surface area contributed by atoms with E-state index in [1.807, 2.05) is 79.7 Å². The number of aryl methyl sites for hydroxylation is 1. The van der Waals surface area contributed by atoms with E-state index < -0.39 is 0 Å². The SMILES string of the molecule is Cc1ccc(NC(=O)c2[nH]cnc2/N=c2\scc(-c3ccccc3)n2-c2ccccc2)cc1. The van der Waals surface area contributed by atoms with Crippen molar-refractivity contribution in [3.8, 4) is 16.9 Å². The molecule has 33 heavy (non-hydrogen) atoms. The summed E-state index contributed by atoms with van der Waals surface area (Å²) >= 11 is 1.50. The number of anilines is 1. The van der Waals surface area contributed by atoms with Crippen molar-refractivity contribution in [2.24, 2.45) is 4.99 Å². The maximum atomic E-state index is 12.9. The number of amides is 1. The van der Waals surface area contributed by atoms with Crippen LogP contribution in [-0.2, 0) is 0 Å². The van der Waals surface area contributed by atoms with Gasteiger partial charge in [0, 0.05) is 16.8 Å². The van der Waals surface area contributed by atoms with E-state index in [4.69, 9.17) is 4.99 Å². The van der Waals surface area contributed by atoms with E-state index >= 15 is 0 Å². The molecule has 5 aromatic rings. The fourth-order valence-electron chi connectivity index (χ4n) is 3.49. The van der Waals surface area contributed by atoms with Crippen LogP contribution >= 0.6 is 11.3 Å². The highest BCUT2D eigenvalue weighted by Gasteiger charge is 2.16. The van der Waals surface area contributed by atoms with Crippen molar-refractivity contribution >= 4 is 28.7 Å². The number of imidazole rings is 1. The van der Waals surface area contributed by atoms with E-state index in [1.54, 1.807) is 0 Å². The first-order valence-electron chi connectivity index (χ1n) is 10.5. The minimum Gasteiger partial charge on any atom is -0.339 e. The largest absolute Gasteiger partial charge is 0.339 e. The summed E-state index contributed by atoms with van der Waals surface area (Å²) in [6.45, 7) is 2.00. The summed E-state index contributed by atoms with van der Waals surface area (Å²) in [4.78, 5) is 25.7. The predicted molar refractivity (Wildman–Crippen MR) is 132 cm³/mol. The van der Waals surface area contributed by atoms with Gasteiger partial charge in [0.05, 0.1) is 12.0 Å². The molecule has 0 aliphatic rings. The summed E-state index contributed by atoms with van der Waals surface area (Å²) in [5, 5.41) is 4.97. The van der Waals surface area contributed by atoms with Gasteiger partial charge in [0.2, 0.25) is 0 Å². The molecule has 6 nitrogen and oxygen atoms in total. The second-order valence-corrected chi connectivity index (χ2v) is 8.31. The number of carbonyl (C=O) groups is 1. The number of aromatic nitrogens is 3. The van der Waals surface area contributed by atoms with Crippen molar-refractivity contribution in [1.29, 1.82) is 0 Å². The smallest absolute Gasteiger partial charge is 0.276 e. The topological polar surface area (TPSA) is 75.1 Å². The van der Waals surface area contributed by atoms with Gasteiger partial charge in [-0.05, 0) is 36.8 Å². The molecule has 0 bridgehead atoms. The molecule has 1 amide bonds.